The average Bonchev–Trinajstić information content (AvgIpc) is 3.40. The average molecular weight is 507 g/mol. The van der Waals surface area contributed by atoms with Crippen molar-refractivity contribution in [3.05, 3.63) is 74.1 Å². The minimum absolute atomic E-state index is 0.0744. The molecule has 1 aliphatic rings. The maximum atomic E-state index is 13.8. The Morgan fingerprint density at radius 2 is 1.72 bits per heavy atom. The van der Waals surface area contributed by atoms with E-state index in [1.807, 2.05) is 0 Å². The number of hydrogen-bond donors (Lipinski definition) is 0. The Labute approximate surface area is 209 Å². The lowest BCUT2D eigenvalue weighted by atomic mass is 9.98. The maximum Gasteiger partial charge on any atom is 0.297 e. The summed E-state index contributed by atoms with van der Waals surface area (Å²) in [5.74, 6) is 0.319. The van der Waals surface area contributed by atoms with Crippen molar-refractivity contribution in [1.82, 2.24) is 4.98 Å². The fraction of sp³-hybridized carbons (Fsp3) is 0.231. The highest BCUT2D eigenvalue weighted by Gasteiger charge is 2.45. The van der Waals surface area contributed by atoms with Crippen molar-refractivity contribution in [2.24, 2.45) is 0 Å². The van der Waals surface area contributed by atoms with Gasteiger partial charge in [0.2, 0.25) is 11.5 Å². The molecule has 4 aromatic rings. The number of ketones is 1. The summed E-state index contributed by atoms with van der Waals surface area (Å²) in [5.41, 5.74) is 1.17. The topological polar surface area (TPSA) is 108 Å². The molecule has 3 heterocycles. The van der Waals surface area contributed by atoms with E-state index in [9.17, 15) is 14.4 Å². The van der Waals surface area contributed by atoms with Crippen LogP contribution in [0.2, 0.25) is 0 Å². The summed E-state index contributed by atoms with van der Waals surface area (Å²) in [5, 5.41) is 0.624. The lowest BCUT2D eigenvalue weighted by Crippen LogP contribution is -2.29. The third-order valence-electron chi connectivity index (χ3n) is 6.09. The van der Waals surface area contributed by atoms with E-state index in [1.165, 1.54) is 33.2 Å². The predicted octanol–water partition coefficient (Wildman–Crippen LogP) is 4.54. The van der Waals surface area contributed by atoms with Gasteiger partial charge in [-0.1, -0.05) is 23.5 Å². The molecule has 0 aliphatic carbocycles. The van der Waals surface area contributed by atoms with Gasteiger partial charge in [-0.15, -0.1) is 0 Å². The highest BCUT2D eigenvalue weighted by atomic mass is 32.1. The summed E-state index contributed by atoms with van der Waals surface area (Å²) in [6, 6.07) is 9.22. The number of aryl methyl sites for hydroxylation is 1. The second-order valence-electron chi connectivity index (χ2n) is 8.17. The molecule has 0 saturated carbocycles. The van der Waals surface area contributed by atoms with Gasteiger partial charge in [0, 0.05) is 6.92 Å². The second kappa shape index (κ2) is 8.80. The van der Waals surface area contributed by atoms with Crippen LogP contribution in [0.5, 0.6) is 17.2 Å². The molecule has 1 atom stereocenters. The standard InChI is InChI=1S/C26H22N2O7S/c1-12-24(13(2)29)36-26(27-12)28-20(14-10-17(32-3)22(34-5)18(11-14)33-4)19-21(30)15-8-6-7-9-16(15)35-23(19)25(28)31/h6-11,20H,1-5H3. The first-order valence-corrected chi connectivity index (χ1v) is 11.8. The summed E-state index contributed by atoms with van der Waals surface area (Å²) >= 11 is 1.09. The minimum atomic E-state index is -0.910. The van der Waals surface area contributed by atoms with Crippen molar-refractivity contribution in [3.8, 4) is 17.2 Å². The lowest BCUT2D eigenvalue weighted by Gasteiger charge is -2.24. The van der Waals surface area contributed by atoms with Gasteiger partial charge in [0.1, 0.15) is 5.58 Å². The summed E-state index contributed by atoms with van der Waals surface area (Å²) < 4.78 is 22.5. The Morgan fingerprint density at radius 3 is 2.31 bits per heavy atom. The van der Waals surface area contributed by atoms with E-state index in [4.69, 9.17) is 18.6 Å². The highest BCUT2D eigenvalue weighted by Crippen LogP contribution is 2.47. The number of ether oxygens (including phenoxy) is 3. The zero-order chi connectivity index (χ0) is 25.7. The fourth-order valence-corrected chi connectivity index (χ4v) is 5.49. The molecule has 2 aromatic heterocycles. The lowest BCUT2D eigenvalue weighted by molar-refractivity contribution is 0.0969. The zero-order valence-electron chi connectivity index (χ0n) is 20.2. The quantitative estimate of drug-likeness (QED) is 0.351. The van der Waals surface area contributed by atoms with Crippen molar-refractivity contribution in [1.29, 1.82) is 0 Å². The number of anilines is 1. The minimum Gasteiger partial charge on any atom is -0.493 e. The molecule has 0 bridgehead atoms. The first kappa shape index (κ1) is 23.6. The number of rotatable bonds is 6. The molecule has 1 amide bonds. The number of para-hydroxylation sites is 1. The number of amides is 1. The van der Waals surface area contributed by atoms with Gasteiger partial charge in [-0.2, -0.15) is 0 Å². The molecule has 10 heteroatoms. The molecule has 0 radical (unpaired) electrons. The van der Waals surface area contributed by atoms with Crippen LogP contribution in [-0.2, 0) is 0 Å². The Kier molecular flexibility index (Phi) is 5.76. The highest BCUT2D eigenvalue weighted by molar-refractivity contribution is 7.17. The number of nitrogens with zero attached hydrogens (tertiary/aromatic N) is 2. The predicted molar refractivity (Wildman–Crippen MR) is 134 cm³/mol. The van der Waals surface area contributed by atoms with Crippen LogP contribution in [-0.4, -0.2) is 38.0 Å². The number of methoxy groups -OCH3 is 3. The van der Waals surface area contributed by atoms with Gasteiger partial charge in [-0.05, 0) is 36.8 Å². The van der Waals surface area contributed by atoms with Gasteiger partial charge in [0.05, 0.1) is 48.9 Å². The van der Waals surface area contributed by atoms with E-state index >= 15 is 0 Å². The van der Waals surface area contributed by atoms with Gasteiger partial charge >= 0.3 is 0 Å². The van der Waals surface area contributed by atoms with Gasteiger partial charge in [-0.25, -0.2) is 4.98 Å². The van der Waals surface area contributed by atoms with Crippen LogP contribution in [0, 0.1) is 6.92 Å². The normalized spacial score (nSPS) is 14.8. The van der Waals surface area contributed by atoms with Gasteiger partial charge in [0.25, 0.3) is 5.91 Å². The summed E-state index contributed by atoms with van der Waals surface area (Å²) in [6.45, 7) is 3.15. The van der Waals surface area contributed by atoms with Crippen molar-refractivity contribution in [2.45, 2.75) is 19.9 Å². The van der Waals surface area contributed by atoms with Crippen LogP contribution >= 0.6 is 11.3 Å². The third kappa shape index (κ3) is 3.44. The summed E-state index contributed by atoms with van der Waals surface area (Å²) in [4.78, 5) is 46.0. The maximum absolute atomic E-state index is 13.8. The van der Waals surface area contributed by atoms with Crippen molar-refractivity contribution < 1.29 is 28.2 Å². The van der Waals surface area contributed by atoms with E-state index < -0.39 is 11.9 Å². The Morgan fingerprint density at radius 1 is 1.06 bits per heavy atom. The van der Waals surface area contributed by atoms with E-state index in [2.05, 4.69) is 4.98 Å². The van der Waals surface area contributed by atoms with E-state index in [0.29, 0.717) is 44.4 Å². The molecular weight excluding hydrogens is 484 g/mol. The first-order valence-electron chi connectivity index (χ1n) is 11.0. The van der Waals surface area contributed by atoms with Gasteiger partial charge in [-0.3, -0.25) is 19.3 Å². The van der Waals surface area contributed by atoms with E-state index in [1.54, 1.807) is 43.3 Å². The number of carbonyl (C=O) groups excluding carboxylic acids is 2. The number of carbonyl (C=O) groups is 2. The molecule has 9 nitrogen and oxygen atoms in total. The smallest absolute Gasteiger partial charge is 0.297 e. The number of aromatic nitrogens is 1. The van der Waals surface area contributed by atoms with Crippen LogP contribution in [0.3, 0.4) is 0 Å². The molecule has 1 unspecified atom stereocenters. The molecule has 0 fully saturated rings. The summed E-state index contributed by atoms with van der Waals surface area (Å²) in [7, 11) is 4.46. The Hall–Kier alpha value is -4.18. The monoisotopic (exact) mass is 506 g/mol. The zero-order valence-corrected chi connectivity index (χ0v) is 21.0. The van der Waals surface area contributed by atoms with E-state index in [0.717, 1.165) is 11.3 Å². The van der Waals surface area contributed by atoms with Crippen LogP contribution in [0.1, 0.15) is 50.0 Å². The molecule has 0 saturated heterocycles. The largest absolute Gasteiger partial charge is 0.493 e. The summed E-state index contributed by atoms with van der Waals surface area (Å²) in [6.07, 6.45) is 0. The second-order valence-corrected chi connectivity index (χ2v) is 9.15. The Bertz CT molecular complexity index is 1580. The van der Waals surface area contributed by atoms with Crippen LogP contribution in [0.4, 0.5) is 5.13 Å². The first-order chi connectivity index (χ1) is 17.3. The number of fused-ring (bicyclic) bond motifs is 2. The van der Waals surface area contributed by atoms with Crippen molar-refractivity contribution in [2.75, 3.05) is 26.2 Å². The molecule has 0 N–H and O–H groups in total. The van der Waals surface area contributed by atoms with E-state index in [-0.39, 0.29) is 27.7 Å². The van der Waals surface area contributed by atoms with Crippen LogP contribution < -0.4 is 24.5 Å². The van der Waals surface area contributed by atoms with Crippen LogP contribution in [0.25, 0.3) is 11.0 Å². The molecular formula is C26H22N2O7S. The van der Waals surface area contributed by atoms with Crippen molar-refractivity contribution >= 4 is 39.1 Å². The molecule has 2 aromatic carbocycles. The fourth-order valence-electron chi connectivity index (χ4n) is 4.50. The molecule has 184 valence electrons. The van der Waals surface area contributed by atoms with Gasteiger partial charge < -0.3 is 18.6 Å². The van der Waals surface area contributed by atoms with Crippen LogP contribution in [0.15, 0.2) is 45.6 Å². The van der Waals surface area contributed by atoms with Crippen molar-refractivity contribution in [3.63, 3.8) is 0 Å². The van der Waals surface area contributed by atoms with Gasteiger partial charge in [0.15, 0.2) is 27.8 Å². The third-order valence-corrected chi connectivity index (χ3v) is 7.35. The Balaban J connectivity index is 1.83. The number of benzene rings is 2. The molecule has 5 rings (SSSR count). The molecule has 1 aliphatic heterocycles. The molecule has 36 heavy (non-hydrogen) atoms. The number of hydrogen-bond acceptors (Lipinski definition) is 9. The number of Topliss-reactive ketones (excluding diaryl/α,β-unsaturated/α-hetero) is 1. The number of thiazole rings is 1. The molecule has 0 spiro atoms. The SMILES string of the molecule is COc1cc(C2c3c(oc4ccccc4c3=O)C(=O)N2c2nc(C)c(C(C)=O)s2)cc(OC)c1OC.